The largest absolute Gasteiger partial charge is 0.354 e. The van der Waals surface area contributed by atoms with Crippen molar-refractivity contribution in [3.05, 3.63) is 54.1 Å². The number of thioether (sulfide) groups is 1. The third-order valence-corrected chi connectivity index (χ3v) is 6.67. The predicted octanol–water partition coefficient (Wildman–Crippen LogP) is 1.78. The second-order valence-electron chi connectivity index (χ2n) is 5.90. The van der Waals surface area contributed by atoms with E-state index in [0.717, 1.165) is 9.20 Å². The number of hydrogen-bond acceptors (Lipinski definition) is 5. The Labute approximate surface area is 162 Å². The fourth-order valence-corrected chi connectivity index (χ4v) is 4.51. The first-order valence-corrected chi connectivity index (χ1v) is 10.9. The smallest absolute Gasteiger partial charge is 0.255 e. The number of nitrogens with one attached hydrogen (secondary N) is 2. The quantitative estimate of drug-likeness (QED) is 0.740. The molecule has 27 heavy (non-hydrogen) atoms. The van der Waals surface area contributed by atoms with E-state index in [1.54, 1.807) is 17.8 Å². The summed E-state index contributed by atoms with van der Waals surface area (Å²) in [6.45, 7) is 0.312. The van der Waals surface area contributed by atoms with Crippen molar-refractivity contribution >= 4 is 39.3 Å². The highest BCUT2D eigenvalue weighted by molar-refractivity contribution is 7.98. The lowest BCUT2D eigenvalue weighted by molar-refractivity contribution is -0.122. The molecule has 7 nitrogen and oxygen atoms in total. The van der Waals surface area contributed by atoms with Crippen LogP contribution in [0.4, 0.5) is 5.69 Å². The van der Waals surface area contributed by atoms with Gasteiger partial charge in [-0.05, 0) is 48.7 Å². The van der Waals surface area contributed by atoms with Crippen molar-refractivity contribution in [2.45, 2.75) is 9.79 Å². The number of benzene rings is 2. The van der Waals surface area contributed by atoms with E-state index >= 15 is 0 Å². The number of sulfonamides is 1. The molecule has 0 aliphatic carbocycles. The summed E-state index contributed by atoms with van der Waals surface area (Å²) in [4.78, 5) is 24.9. The molecular formula is C18H19N3O4S2. The van der Waals surface area contributed by atoms with E-state index in [0.29, 0.717) is 11.3 Å². The van der Waals surface area contributed by atoms with Crippen LogP contribution < -0.4 is 10.6 Å². The summed E-state index contributed by atoms with van der Waals surface area (Å²) >= 11 is 1.57. The van der Waals surface area contributed by atoms with Gasteiger partial charge in [0, 0.05) is 29.2 Å². The van der Waals surface area contributed by atoms with E-state index in [1.807, 2.05) is 24.5 Å². The lowest BCUT2D eigenvalue weighted by Gasteiger charge is -2.25. The van der Waals surface area contributed by atoms with Crippen molar-refractivity contribution in [3.8, 4) is 0 Å². The molecule has 0 unspecified atom stereocenters. The standard InChI is InChI=1S/C18H19N3O4S2/c1-26-15-4-2-3-14(11-15)20-18(23)13-5-7-16(8-6-13)27(24,25)21-10-9-19-17(22)12-21/h2-8,11H,9-10,12H2,1H3,(H,19,22)(H,20,23). The van der Waals surface area contributed by atoms with Gasteiger partial charge in [0.15, 0.2) is 0 Å². The average molecular weight is 406 g/mol. The number of carbonyl (C=O) groups is 2. The first-order valence-electron chi connectivity index (χ1n) is 8.22. The van der Waals surface area contributed by atoms with E-state index in [9.17, 15) is 18.0 Å². The molecule has 3 rings (SSSR count). The minimum Gasteiger partial charge on any atom is -0.354 e. The van der Waals surface area contributed by atoms with Crippen LogP contribution in [0.25, 0.3) is 0 Å². The number of anilines is 1. The molecule has 1 aliphatic heterocycles. The van der Waals surface area contributed by atoms with Gasteiger partial charge in [0.25, 0.3) is 5.91 Å². The highest BCUT2D eigenvalue weighted by atomic mass is 32.2. The Morgan fingerprint density at radius 3 is 2.59 bits per heavy atom. The molecule has 0 atom stereocenters. The summed E-state index contributed by atoms with van der Waals surface area (Å²) < 4.78 is 26.4. The Balaban J connectivity index is 1.74. The molecule has 0 spiro atoms. The molecule has 2 aromatic carbocycles. The van der Waals surface area contributed by atoms with Crippen LogP contribution in [-0.2, 0) is 14.8 Å². The van der Waals surface area contributed by atoms with E-state index in [1.165, 1.54) is 24.3 Å². The zero-order valence-electron chi connectivity index (χ0n) is 14.6. The summed E-state index contributed by atoms with van der Waals surface area (Å²) in [5.41, 5.74) is 1.02. The molecule has 0 aromatic heterocycles. The van der Waals surface area contributed by atoms with Gasteiger partial charge in [0.1, 0.15) is 0 Å². The minimum absolute atomic E-state index is 0.0538. The van der Waals surface area contributed by atoms with Crippen LogP contribution in [0.3, 0.4) is 0 Å². The number of piperazine rings is 1. The van der Waals surface area contributed by atoms with Gasteiger partial charge in [0.2, 0.25) is 15.9 Å². The average Bonchev–Trinajstić information content (AvgIpc) is 2.68. The molecule has 0 radical (unpaired) electrons. The van der Waals surface area contributed by atoms with Crippen molar-refractivity contribution in [2.75, 3.05) is 31.2 Å². The highest BCUT2D eigenvalue weighted by Gasteiger charge is 2.29. The van der Waals surface area contributed by atoms with E-state index in [2.05, 4.69) is 10.6 Å². The van der Waals surface area contributed by atoms with Crippen LogP contribution in [0.5, 0.6) is 0 Å². The van der Waals surface area contributed by atoms with Crippen LogP contribution >= 0.6 is 11.8 Å². The fraction of sp³-hybridized carbons (Fsp3) is 0.222. The summed E-state index contributed by atoms with van der Waals surface area (Å²) in [7, 11) is -3.77. The Kier molecular flexibility index (Phi) is 5.83. The molecule has 2 N–H and O–H groups in total. The molecule has 1 heterocycles. The van der Waals surface area contributed by atoms with Gasteiger partial charge < -0.3 is 10.6 Å². The van der Waals surface area contributed by atoms with Crippen molar-refractivity contribution in [2.24, 2.45) is 0 Å². The van der Waals surface area contributed by atoms with Gasteiger partial charge in [-0.15, -0.1) is 11.8 Å². The van der Waals surface area contributed by atoms with Crippen molar-refractivity contribution in [1.82, 2.24) is 9.62 Å². The monoisotopic (exact) mass is 405 g/mol. The number of rotatable bonds is 5. The maximum atomic E-state index is 12.6. The Bertz CT molecular complexity index is 959. The summed E-state index contributed by atoms with van der Waals surface area (Å²) in [5, 5.41) is 5.39. The Morgan fingerprint density at radius 1 is 1.19 bits per heavy atom. The minimum atomic E-state index is -3.77. The summed E-state index contributed by atoms with van der Waals surface area (Å²) in [6.07, 6.45) is 1.95. The van der Waals surface area contributed by atoms with Crippen LogP contribution in [-0.4, -0.2) is 50.4 Å². The Morgan fingerprint density at radius 2 is 1.93 bits per heavy atom. The summed E-state index contributed by atoms with van der Waals surface area (Å²) in [5.74, 6) is -0.650. The number of amides is 2. The third kappa shape index (κ3) is 4.49. The van der Waals surface area contributed by atoms with Gasteiger partial charge in [-0.2, -0.15) is 4.31 Å². The Hall–Kier alpha value is -2.36. The first kappa shape index (κ1) is 19.4. The predicted molar refractivity (Wildman–Crippen MR) is 104 cm³/mol. The van der Waals surface area contributed by atoms with Crippen LogP contribution in [0.2, 0.25) is 0 Å². The van der Waals surface area contributed by atoms with Gasteiger partial charge >= 0.3 is 0 Å². The molecular weight excluding hydrogens is 386 g/mol. The van der Waals surface area contributed by atoms with E-state index in [4.69, 9.17) is 0 Å². The van der Waals surface area contributed by atoms with Gasteiger partial charge in [-0.25, -0.2) is 8.42 Å². The lowest BCUT2D eigenvalue weighted by Crippen LogP contribution is -2.49. The topological polar surface area (TPSA) is 95.6 Å². The molecule has 142 valence electrons. The molecule has 1 aliphatic rings. The molecule has 1 saturated heterocycles. The number of carbonyl (C=O) groups excluding carboxylic acids is 2. The lowest BCUT2D eigenvalue weighted by atomic mass is 10.2. The van der Waals surface area contributed by atoms with Crippen molar-refractivity contribution in [1.29, 1.82) is 0 Å². The summed E-state index contributed by atoms with van der Waals surface area (Å²) in [6, 6.07) is 13.1. The van der Waals surface area contributed by atoms with Crippen LogP contribution in [0.1, 0.15) is 10.4 Å². The van der Waals surface area contributed by atoms with Crippen LogP contribution in [0, 0.1) is 0 Å². The third-order valence-electron chi connectivity index (χ3n) is 4.09. The highest BCUT2D eigenvalue weighted by Crippen LogP contribution is 2.21. The molecule has 2 aromatic rings. The molecule has 2 amide bonds. The molecule has 0 bridgehead atoms. The zero-order chi connectivity index (χ0) is 19.4. The molecule has 9 heteroatoms. The van der Waals surface area contributed by atoms with Crippen LogP contribution in [0.15, 0.2) is 58.3 Å². The van der Waals surface area contributed by atoms with Gasteiger partial charge in [0.05, 0.1) is 11.4 Å². The van der Waals surface area contributed by atoms with Gasteiger partial charge in [-0.3, -0.25) is 9.59 Å². The molecule has 1 fully saturated rings. The normalized spacial score (nSPS) is 15.2. The molecule has 0 saturated carbocycles. The van der Waals surface area contributed by atoms with Crippen molar-refractivity contribution in [3.63, 3.8) is 0 Å². The van der Waals surface area contributed by atoms with Gasteiger partial charge in [-0.1, -0.05) is 6.07 Å². The zero-order valence-corrected chi connectivity index (χ0v) is 16.3. The maximum Gasteiger partial charge on any atom is 0.255 e. The van der Waals surface area contributed by atoms with E-state index < -0.39 is 10.0 Å². The first-order chi connectivity index (χ1) is 12.9. The van der Waals surface area contributed by atoms with E-state index in [-0.39, 0.29) is 36.3 Å². The van der Waals surface area contributed by atoms with Crippen molar-refractivity contribution < 1.29 is 18.0 Å². The fourth-order valence-electron chi connectivity index (χ4n) is 2.65. The maximum absolute atomic E-state index is 12.6. The second-order valence-corrected chi connectivity index (χ2v) is 8.72. The number of nitrogens with zero attached hydrogens (tertiary/aromatic N) is 1. The number of hydrogen-bond donors (Lipinski definition) is 2. The SMILES string of the molecule is CSc1cccc(NC(=O)c2ccc(S(=O)(=O)N3CCNC(=O)C3)cc2)c1. The second kappa shape index (κ2) is 8.12.